The highest BCUT2D eigenvalue weighted by atomic mass is 19.3. The van der Waals surface area contributed by atoms with E-state index in [2.05, 4.69) is 4.74 Å². The second-order valence-corrected chi connectivity index (χ2v) is 2.59. The molecule has 0 amide bonds. The molecule has 0 fully saturated rings. The van der Waals surface area contributed by atoms with E-state index in [4.69, 9.17) is 0 Å². The fourth-order valence-electron chi connectivity index (χ4n) is 0.993. The van der Waals surface area contributed by atoms with Crippen LogP contribution in [0.15, 0.2) is 11.0 Å². The second-order valence-electron chi connectivity index (χ2n) is 2.59. The van der Waals surface area contributed by atoms with Gasteiger partial charge in [-0.2, -0.15) is 0 Å². The van der Waals surface area contributed by atoms with E-state index in [9.17, 15) is 23.5 Å². The molecule has 0 aliphatic heterocycles. The number of nitrogens with one attached hydrogen (secondary N) is 1. The highest BCUT2D eigenvalue weighted by Gasteiger charge is 2.23. The number of rotatable bonds is 2. The lowest BCUT2D eigenvalue weighted by Crippen LogP contribution is -2.19. The van der Waals surface area contributed by atoms with Gasteiger partial charge in [0, 0.05) is 6.20 Å². The van der Waals surface area contributed by atoms with E-state index in [1.54, 1.807) is 0 Å². The van der Waals surface area contributed by atoms with Gasteiger partial charge in [0.2, 0.25) is 0 Å². The summed E-state index contributed by atoms with van der Waals surface area (Å²) in [6.07, 6.45) is -2.35. The molecule has 0 radical (unpaired) electrons. The first-order chi connectivity index (χ1) is 6.99. The molecule has 0 spiro atoms. The number of halogens is 2. The Kier molecular flexibility index (Phi) is 3.03. The fourth-order valence-corrected chi connectivity index (χ4v) is 0.993. The lowest BCUT2D eigenvalue weighted by Gasteiger charge is -2.06. The van der Waals surface area contributed by atoms with Crippen LogP contribution < -0.4 is 5.56 Å². The van der Waals surface area contributed by atoms with E-state index in [-0.39, 0.29) is 0 Å². The summed E-state index contributed by atoms with van der Waals surface area (Å²) in [5.74, 6) is -2.23. The lowest BCUT2D eigenvalue weighted by molar-refractivity contribution is 0.0594. The van der Waals surface area contributed by atoms with Crippen LogP contribution in [0.2, 0.25) is 0 Å². The number of H-pyrrole nitrogens is 1. The second kappa shape index (κ2) is 4.07. The molecule has 1 aromatic heterocycles. The molecule has 7 heteroatoms. The summed E-state index contributed by atoms with van der Waals surface area (Å²) in [6.45, 7) is 0. The number of alkyl halides is 2. The van der Waals surface area contributed by atoms with Gasteiger partial charge >= 0.3 is 5.97 Å². The molecular formula is C8H7F2NO4. The summed E-state index contributed by atoms with van der Waals surface area (Å²) >= 11 is 0. The van der Waals surface area contributed by atoms with Crippen molar-refractivity contribution in [3.63, 3.8) is 0 Å². The highest BCUT2D eigenvalue weighted by Crippen LogP contribution is 2.28. The van der Waals surface area contributed by atoms with Gasteiger partial charge in [-0.05, 0) is 0 Å². The molecule has 0 aromatic carbocycles. The van der Waals surface area contributed by atoms with Crippen LogP contribution >= 0.6 is 0 Å². The number of aromatic hydroxyl groups is 1. The Labute approximate surface area is 82.3 Å². The summed E-state index contributed by atoms with van der Waals surface area (Å²) in [5.41, 5.74) is -2.63. The minimum absolute atomic E-state index is 0.648. The van der Waals surface area contributed by atoms with E-state index < -0.39 is 34.8 Å². The van der Waals surface area contributed by atoms with Crippen molar-refractivity contribution in [1.82, 2.24) is 4.98 Å². The smallest absolute Gasteiger partial charge is 0.347 e. The predicted molar refractivity (Wildman–Crippen MR) is 45.0 cm³/mol. The van der Waals surface area contributed by atoms with Gasteiger partial charge in [-0.15, -0.1) is 0 Å². The molecule has 15 heavy (non-hydrogen) atoms. The maximum Gasteiger partial charge on any atom is 0.347 e. The van der Waals surface area contributed by atoms with Crippen molar-refractivity contribution in [1.29, 1.82) is 0 Å². The minimum atomic E-state index is -3.00. The van der Waals surface area contributed by atoms with E-state index in [0.717, 1.165) is 7.11 Å². The number of carbonyl (C=O) groups is 1. The molecule has 0 bridgehead atoms. The fraction of sp³-hybridized carbons (Fsp3) is 0.250. The minimum Gasteiger partial charge on any atom is -0.506 e. The van der Waals surface area contributed by atoms with Crippen molar-refractivity contribution in [3.8, 4) is 5.75 Å². The van der Waals surface area contributed by atoms with Crippen molar-refractivity contribution in [2.24, 2.45) is 0 Å². The molecule has 0 aliphatic carbocycles. The number of methoxy groups -OCH3 is 1. The molecule has 0 aliphatic rings. The van der Waals surface area contributed by atoms with Gasteiger partial charge in [-0.25, -0.2) is 13.6 Å². The summed E-state index contributed by atoms with van der Waals surface area (Å²) in [5, 5.41) is 9.24. The van der Waals surface area contributed by atoms with Gasteiger partial charge in [0.1, 0.15) is 5.75 Å². The Morgan fingerprint density at radius 2 is 2.20 bits per heavy atom. The van der Waals surface area contributed by atoms with Gasteiger partial charge in [-0.3, -0.25) is 4.79 Å². The largest absolute Gasteiger partial charge is 0.506 e. The first-order valence-electron chi connectivity index (χ1n) is 3.80. The van der Waals surface area contributed by atoms with Crippen LogP contribution in [-0.2, 0) is 4.74 Å². The zero-order valence-electron chi connectivity index (χ0n) is 7.58. The molecule has 0 saturated carbocycles. The Morgan fingerprint density at radius 1 is 1.60 bits per heavy atom. The third kappa shape index (κ3) is 1.95. The number of aromatic nitrogens is 1. The third-order valence-corrected chi connectivity index (χ3v) is 1.72. The van der Waals surface area contributed by atoms with E-state index >= 15 is 0 Å². The van der Waals surface area contributed by atoms with Crippen LogP contribution in [0.1, 0.15) is 22.3 Å². The molecule has 82 valence electrons. The molecule has 0 atom stereocenters. The molecule has 2 N–H and O–H groups in total. The van der Waals surface area contributed by atoms with Gasteiger partial charge in [0.25, 0.3) is 12.0 Å². The monoisotopic (exact) mass is 219 g/mol. The number of pyridine rings is 1. The molecule has 0 saturated heterocycles. The van der Waals surface area contributed by atoms with Crippen LogP contribution in [0.5, 0.6) is 5.75 Å². The van der Waals surface area contributed by atoms with Crippen molar-refractivity contribution in [2.75, 3.05) is 7.11 Å². The van der Waals surface area contributed by atoms with Gasteiger partial charge in [-0.1, -0.05) is 0 Å². The number of aromatic amines is 1. The average molecular weight is 219 g/mol. The summed E-state index contributed by atoms with van der Waals surface area (Å²) < 4.78 is 28.7. The Hall–Kier alpha value is -1.92. The Morgan fingerprint density at radius 3 is 2.67 bits per heavy atom. The quantitative estimate of drug-likeness (QED) is 0.721. The molecule has 1 heterocycles. The first-order valence-corrected chi connectivity index (χ1v) is 3.80. The predicted octanol–water partition coefficient (Wildman–Crippen LogP) is 0.805. The third-order valence-electron chi connectivity index (χ3n) is 1.72. The SMILES string of the molecule is COC(=O)c1c(O)c(C(F)F)c[nH]c1=O. The van der Waals surface area contributed by atoms with Crippen LogP contribution in [0.4, 0.5) is 8.78 Å². The van der Waals surface area contributed by atoms with E-state index in [1.165, 1.54) is 0 Å². The maximum absolute atomic E-state index is 12.3. The van der Waals surface area contributed by atoms with Crippen molar-refractivity contribution < 1.29 is 23.4 Å². The van der Waals surface area contributed by atoms with Crippen LogP contribution in [0, 0.1) is 0 Å². The standard InChI is InChI=1S/C8H7F2NO4/c1-15-8(14)4-5(12)3(6(9)10)2-11-7(4)13/h2,6H,1H3,(H2,11,12,13). The Bertz CT molecular complexity index is 441. The number of esters is 1. The average Bonchev–Trinajstić information content (AvgIpc) is 2.16. The Balaban J connectivity index is 3.43. The molecular weight excluding hydrogens is 212 g/mol. The van der Waals surface area contributed by atoms with Crippen molar-refractivity contribution in [2.45, 2.75) is 6.43 Å². The van der Waals surface area contributed by atoms with E-state index in [0.29, 0.717) is 6.20 Å². The number of hydrogen-bond acceptors (Lipinski definition) is 4. The lowest BCUT2D eigenvalue weighted by atomic mass is 10.2. The normalized spacial score (nSPS) is 10.4. The summed E-state index contributed by atoms with van der Waals surface area (Å²) in [4.78, 5) is 23.9. The zero-order chi connectivity index (χ0) is 11.6. The van der Waals surface area contributed by atoms with E-state index in [1.807, 2.05) is 4.98 Å². The number of ether oxygens (including phenoxy) is 1. The molecule has 5 nitrogen and oxygen atoms in total. The van der Waals surface area contributed by atoms with Crippen molar-refractivity contribution >= 4 is 5.97 Å². The number of hydrogen-bond donors (Lipinski definition) is 2. The van der Waals surface area contributed by atoms with Crippen LogP contribution in [0.3, 0.4) is 0 Å². The molecule has 1 aromatic rings. The van der Waals surface area contributed by atoms with Gasteiger partial charge in [0.15, 0.2) is 5.56 Å². The van der Waals surface area contributed by atoms with Crippen LogP contribution in [-0.4, -0.2) is 23.2 Å². The highest BCUT2D eigenvalue weighted by molar-refractivity contribution is 5.92. The number of carbonyl (C=O) groups excluding carboxylic acids is 1. The molecule has 1 rings (SSSR count). The summed E-state index contributed by atoms with van der Waals surface area (Å²) in [7, 11) is 0.969. The maximum atomic E-state index is 12.3. The topological polar surface area (TPSA) is 79.4 Å². The van der Waals surface area contributed by atoms with Crippen molar-refractivity contribution in [3.05, 3.63) is 27.7 Å². The van der Waals surface area contributed by atoms with Crippen LogP contribution in [0.25, 0.3) is 0 Å². The summed E-state index contributed by atoms with van der Waals surface area (Å²) in [6, 6.07) is 0. The first kappa shape index (κ1) is 11.2. The van der Waals surface area contributed by atoms with Gasteiger partial charge in [0.05, 0.1) is 12.7 Å². The van der Waals surface area contributed by atoms with Gasteiger partial charge < -0.3 is 14.8 Å². The zero-order valence-corrected chi connectivity index (χ0v) is 7.58. The molecule has 0 unspecified atom stereocenters.